The summed E-state index contributed by atoms with van der Waals surface area (Å²) in [5.74, 6) is 0.757. The molecule has 0 aliphatic heterocycles. The lowest BCUT2D eigenvalue weighted by Gasteiger charge is -2.08. The normalized spacial score (nSPS) is 11.0. The number of nitrogens with zero attached hydrogens (tertiary/aromatic N) is 1. The maximum atomic E-state index is 12.3. The molecule has 6 heteroatoms. The average molecular weight is 333 g/mol. The van der Waals surface area contributed by atoms with Gasteiger partial charge in [-0.3, -0.25) is 4.79 Å². The molecular weight excluding hydrogens is 316 g/mol. The van der Waals surface area contributed by atoms with Crippen molar-refractivity contribution in [1.29, 1.82) is 0 Å². The molecule has 0 aromatic heterocycles. The van der Waals surface area contributed by atoms with Gasteiger partial charge in [-0.05, 0) is 37.3 Å². The zero-order valence-electron chi connectivity index (χ0n) is 13.1. The summed E-state index contributed by atoms with van der Waals surface area (Å²) in [4.78, 5) is 12.3. The summed E-state index contributed by atoms with van der Waals surface area (Å²) in [6.07, 6.45) is 0. The van der Waals surface area contributed by atoms with Crippen LogP contribution in [0.3, 0.4) is 0 Å². The summed E-state index contributed by atoms with van der Waals surface area (Å²) in [6.45, 7) is 1.80. The topological polar surface area (TPSA) is 59.9 Å². The van der Waals surface area contributed by atoms with E-state index in [9.17, 15) is 4.79 Å². The summed E-state index contributed by atoms with van der Waals surface area (Å²) in [5.41, 5.74) is 4.33. The lowest BCUT2D eigenvalue weighted by atomic mass is 10.1. The number of ether oxygens (including phenoxy) is 2. The van der Waals surface area contributed by atoms with Crippen LogP contribution in [0.5, 0.6) is 11.5 Å². The number of hydrazone groups is 1. The number of carbonyl (C=O) groups is 1. The highest BCUT2D eigenvalue weighted by Crippen LogP contribution is 2.22. The van der Waals surface area contributed by atoms with Crippen LogP contribution < -0.4 is 14.9 Å². The molecule has 0 atom stereocenters. The molecule has 120 valence electrons. The van der Waals surface area contributed by atoms with E-state index < -0.39 is 5.91 Å². The largest absolute Gasteiger partial charge is 0.497 e. The molecule has 23 heavy (non-hydrogen) atoms. The Morgan fingerprint density at radius 2 is 1.91 bits per heavy atom. The summed E-state index contributed by atoms with van der Waals surface area (Å²) in [6, 6.07) is 12.2. The molecule has 5 nitrogen and oxygen atoms in total. The van der Waals surface area contributed by atoms with Gasteiger partial charge in [0.2, 0.25) is 0 Å². The van der Waals surface area contributed by atoms with Gasteiger partial charge in [-0.25, -0.2) is 5.43 Å². The first-order chi connectivity index (χ1) is 11.0. The van der Waals surface area contributed by atoms with E-state index in [2.05, 4.69) is 10.5 Å². The van der Waals surface area contributed by atoms with E-state index in [1.165, 1.54) is 13.2 Å². The van der Waals surface area contributed by atoms with Crippen molar-refractivity contribution >= 4 is 23.2 Å². The fourth-order valence-electron chi connectivity index (χ4n) is 1.97. The summed E-state index contributed by atoms with van der Waals surface area (Å²) in [5, 5.41) is 4.56. The highest BCUT2D eigenvalue weighted by Gasteiger charge is 2.12. The van der Waals surface area contributed by atoms with Crippen LogP contribution in [0.1, 0.15) is 22.8 Å². The number of nitrogens with one attached hydrogen (secondary N) is 1. The van der Waals surface area contributed by atoms with Gasteiger partial charge in [-0.2, -0.15) is 5.10 Å². The van der Waals surface area contributed by atoms with Gasteiger partial charge >= 0.3 is 0 Å². The highest BCUT2D eigenvalue weighted by atomic mass is 35.5. The number of hydrogen-bond donors (Lipinski definition) is 1. The number of amides is 1. The lowest BCUT2D eigenvalue weighted by molar-refractivity contribution is 0.0952. The Morgan fingerprint density at radius 3 is 2.61 bits per heavy atom. The van der Waals surface area contributed by atoms with Crippen LogP contribution in [0, 0.1) is 0 Å². The Morgan fingerprint density at radius 1 is 1.13 bits per heavy atom. The van der Waals surface area contributed by atoms with Gasteiger partial charge in [0.05, 0.1) is 25.5 Å². The van der Waals surface area contributed by atoms with Crippen LogP contribution in [0.15, 0.2) is 47.6 Å². The number of halogens is 1. The summed E-state index contributed by atoms with van der Waals surface area (Å²) >= 11 is 5.92. The maximum absolute atomic E-state index is 12.3. The Hall–Kier alpha value is -2.53. The third kappa shape index (κ3) is 4.23. The average Bonchev–Trinajstić information content (AvgIpc) is 2.59. The fraction of sp³-hybridized carbons (Fsp3) is 0.176. The van der Waals surface area contributed by atoms with E-state index in [1.54, 1.807) is 26.2 Å². The first kappa shape index (κ1) is 16.8. The zero-order chi connectivity index (χ0) is 16.8. The van der Waals surface area contributed by atoms with Crippen LogP contribution in [-0.2, 0) is 0 Å². The molecular formula is C17H17ClN2O3. The molecule has 0 radical (unpaired) electrons. The number of methoxy groups -OCH3 is 2. The first-order valence-corrected chi connectivity index (χ1v) is 7.25. The minimum Gasteiger partial charge on any atom is -0.497 e. The van der Waals surface area contributed by atoms with Crippen molar-refractivity contribution in [3.05, 3.63) is 58.6 Å². The predicted molar refractivity (Wildman–Crippen MR) is 90.7 cm³/mol. The minimum atomic E-state index is -0.397. The number of rotatable bonds is 5. The van der Waals surface area contributed by atoms with Gasteiger partial charge in [0.15, 0.2) is 0 Å². The number of carbonyl (C=O) groups excluding carboxylic acids is 1. The molecule has 1 amide bonds. The molecule has 0 saturated heterocycles. The fourth-order valence-corrected chi connectivity index (χ4v) is 2.14. The molecule has 0 heterocycles. The summed E-state index contributed by atoms with van der Waals surface area (Å²) < 4.78 is 10.3. The molecule has 0 unspecified atom stereocenters. The van der Waals surface area contributed by atoms with Crippen LogP contribution >= 0.6 is 11.6 Å². The van der Waals surface area contributed by atoms with Crippen molar-refractivity contribution in [3.63, 3.8) is 0 Å². The molecule has 0 bridgehead atoms. The van der Waals surface area contributed by atoms with Crippen molar-refractivity contribution < 1.29 is 14.3 Å². The second kappa shape index (κ2) is 7.65. The van der Waals surface area contributed by atoms with Crippen molar-refractivity contribution in [2.45, 2.75) is 6.92 Å². The molecule has 0 aliphatic rings. The molecule has 2 rings (SSSR count). The van der Waals surface area contributed by atoms with Crippen LogP contribution in [0.2, 0.25) is 5.02 Å². The SMILES string of the molecule is COc1cccc(C(C)=NNC(=O)c2cc(Cl)ccc2OC)c1. The van der Waals surface area contributed by atoms with Crippen molar-refractivity contribution in [2.75, 3.05) is 14.2 Å². The van der Waals surface area contributed by atoms with Gasteiger partial charge in [0.1, 0.15) is 11.5 Å². The molecule has 0 fully saturated rings. The first-order valence-electron chi connectivity index (χ1n) is 6.87. The third-order valence-corrected chi connectivity index (χ3v) is 3.45. The Labute approximate surface area is 139 Å². The van der Waals surface area contributed by atoms with Gasteiger partial charge in [0.25, 0.3) is 5.91 Å². The van der Waals surface area contributed by atoms with Crippen LogP contribution in [0.25, 0.3) is 0 Å². The molecule has 2 aromatic carbocycles. The second-order valence-corrected chi connectivity index (χ2v) is 5.15. The summed E-state index contributed by atoms with van der Waals surface area (Å²) in [7, 11) is 3.09. The molecule has 0 saturated carbocycles. The third-order valence-electron chi connectivity index (χ3n) is 3.22. The predicted octanol–water partition coefficient (Wildman–Crippen LogP) is 3.51. The smallest absolute Gasteiger partial charge is 0.275 e. The van der Waals surface area contributed by atoms with E-state index in [4.69, 9.17) is 21.1 Å². The van der Waals surface area contributed by atoms with Gasteiger partial charge in [-0.1, -0.05) is 23.7 Å². The molecule has 1 N–H and O–H groups in total. The zero-order valence-corrected chi connectivity index (χ0v) is 13.8. The molecule has 0 spiro atoms. The quantitative estimate of drug-likeness (QED) is 0.673. The monoisotopic (exact) mass is 332 g/mol. The Kier molecular flexibility index (Phi) is 5.60. The highest BCUT2D eigenvalue weighted by molar-refractivity contribution is 6.31. The van der Waals surface area contributed by atoms with E-state index in [0.717, 1.165) is 11.3 Å². The van der Waals surface area contributed by atoms with Crippen LogP contribution in [0.4, 0.5) is 0 Å². The van der Waals surface area contributed by atoms with E-state index in [-0.39, 0.29) is 0 Å². The second-order valence-electron chi connectivity index (χ2n) is 4.71. The van der Waals surface area contributed by atoms with Crippen molar-refractivity contribution in [1.82, 2.24) is 5.43 Å². The maximum Gasteiger partial charge on any atom is 0.275 e. The number of benzene rings is 2. The van der Waals surface area contributed by atoms with Crippen molar-refractivity contribution in [3.8, 4) is 11.5 Å². The lowest BCUT2D eigenvalue weighted by Crippen LogP contribution is -2.20. The minimum absolute atomic E-state index is 0.321. The Bertz CT molecular complexity index is 744. The molecule has 0 aliphatic carbocycles. The van der Waals surface area contributed by atoms with Gasteiger partial charge < -0.3 is 9.47 Å². The number of hydrogen-bond acceptors (Lipinski definition) is 4. The molecule has 2 aromatic rings. The standard InChI is InChI=1S/C17H17ClN2O3/c1-11(12-5-4-6-14(9-12)22-2)19-20-17(21)15-10-13(18)7-8-16(15)23-3/h4-10H,1-3H3,(H,20,21). The van der Waals surface area contributed by atoms with Gasteiger partial charge in [0, 0.05) is 10.6 Å². The van der Waals surface area contributed by atoms with E-state index in [0.29, 0.717) is 22.0 Å². The van der Waals surface area contributed by atoms with E-state index in [1.807, 2.05) is 24.3 Å². The van der Waals surface area contributed by atoms with Gasteiger partial charge in [-0.15, -0.1) is 0 Å². The Balaban J connectivity index is 2.18. The van der Waals surface area contributed by atoms with Crippen molar-refractivity contribution in [2.24, 2.45) is 5.10 Å². The van der Waals surface area contributed by atoms with Crippen LogP contribution in [-0.4, -0.2) is 25.8 Å². The van der Waals surface area contributed by atoms with E-state index >= 15 is 0 Å².